The van der Waals surface area contributed by atoms with Gasteiger partial charge in [-0.15, -0.1) is 0 Å². The lowest BCUT2D eigenvalue weighted by Gasteiger charge is -2.25. The van der Waals surface area contributed by atoms with Gasteiger partial charge >= 0.3 is 6.09 Å². The number of benzene rings is 2. The molecule has 0 unspecified atom stereocenters. The van der Waals surface area contributed by atoms with E-state index in [1.165, 1.54) is 4.90 Å². The monoisotopic (exact) mass is 376 g/mol. The Morgan fingerprint density at radius 3 is 2.43 bits per heavy atom. The number of hydrogen-bond donors (Lipinski definition) is 1. The molecule has 0 aromatic heterocycles. The molecular formula is C23H24N2O3. The van der Waals surface area contributed by atoms with Gasteiger partial charge in [0.2, 0.25) is 0 Å². The van der Waals surface area contributed by atoms with Gasteiger partial charge in [0, 0.05) is 12.2 Å². The summed E-state index contributed by atoms with van der Waals surface area (Å²) in [5.74, 6) is -0.279. The number of cyclic esters (lactones) is 1. The number of nitrogens with zero attached hydrogens (tertiary/aromatic N) is 1. The molecule has 0 radical (unpaired) electrons. The summed E-state index contributed by atoms with van der Waals surface area (Å²) < 4.78 is 5.27. The predicted octanol–water partition coefficient (Wildman–Crippen LogP) is 3.76. The van der Waals surface area contributed by atoms with Crippen molar-refractivity contribution in [1.29, 1.82) is 0 Å². The molecule has 5 heteroatoms. The number of imide groups is 1. The summed E-state index contributed by atoms with van der Waals surface area (Å²) in [7, 11) is 0. The minimum absolute atomic E-state index is 0.226. The number of amides is 2. The van der Waals surface area contributed by atoms with E-state index in [0.29, 0.717) is 12.0 Å². The van der Waals surface area contributed by atoms with Gasteiger partial charge in [-0.25, -0.2) is 9.69 Å². The maximum absolute atomic E-state index is 13.6. The Labute approximate surface area is 165 Å². The molecule has 4 rings (SSSR count). The Bertz CT molecular complexity index is 869. The van der Waals surface area contributed by atoms with Crippen LogP contribution in [-0.2, 0) is 16.0 Å². The van der Waals surface area contributed by atoms with E-state index in [4.69, 9.17) is 4.74 Å². The third-order valence-electron chi connectivity index (χ3n) is 5.26. The van der Waals surface area contributed by atoms with Gasteiger partial charge in [0.25, 0.3) is 5.91 Å². The van der Waals surface area contributed by atoms with Crippen molar-refractivity contribution in [3.05, 3.63) is 77.5 Å². The fourth-order valence-electron chi connectivity index (χ4n) is 3.87. The number of rotatable bonds is 4. The maximum Gasteiger partial charge on any atom is 0.417 e. The van der Waals surface area contributed by atoms with Crippen molar-refractivity contribution in [1.82, 2.24) is 10.2 Å². The number of nitrogens with one attached hydrogen (secondary N) is 1. The molecule has 1 atom stereocenters. The van der Waals surface area contributed by atoms with Crippen molar-refractivity contribution in [3.63, 3.8) is 0 Å². The summed E-state index contributed by atoms with van der Waals surface area (Å²) in [4.78, 5) is 27.4. The summed E-state index contributed by atoms with van der Waals surface area (Å²) in [5, 5.41) is 3.38. The van der Waals surface area contributed by atoms with Crippen LogP contribution in [0.2, 0.25) is 0 Å². The molecule has 2 aliphatic heterocycles. The maximum atomic E-state index is 13.6. The zero-order chi connectivity index (χ0) is 19.3. The van der Waals surface area contributed by atoms with Crippen LogP contribution in [0.1, 0.15) is 30.4 Å². The Morgan fingerprint density at radius 2 is 1.75 bits per heavy atom. The normalized spacial score (nSPS) is 21.1. The summed E-state index contributed by atoms with van der Waals surface area (Å²) in [6.45, 7) is 1.07. The second kappa shape index (κ2) is 8.30. The molecule has 2 aromatic rings. The minimum atomic E-state index is -0.559. The third-order valence-corrected chi connectivity index (χ3v) is 5.26. The van der Waals surface area contributed by atoms with Crippen molar-refractivity contribution < 1.29 is 14.3 Å². The second-order valence-corrected chi connectivity index (χ2v) is 7.20. The largest absolute Gasteiger partial charge is 0.447 e. The predicted molar refractivity (Wildman–Crippen MR) is 107 cm³/mol. The summed E-state index contributed by atoms with van der Waals surface area (Å²) in [6.07, 6.45) is 2.95. The lowest BCUT2D eigenvalue weighted by molar-refractivity contribution is -0.123. The van der Waals surface area contributed by atoms with Crippen LogP contribution < -0.4 is 5.32 Å². The molecule has 2 heterocycles. The second-order valence-electron chi connectivity index (χ2n) is 7.20. The number of hydrogen-bond acceptors (Lipinski definition) is 4. The van der Waals surface area contributed by atoms with Gasteiger partial charge in [-0.3, -0.25) is 4.79 Å². The molecule has 0 aliphatic carbocycles. The molecule has 2 fully saturated rings. The van der Waals surface area contributed by atoms with Crippen LogP contribution in [0, 0.1) is 0 Å². The van der Waals surface area contributed by atoms with E-state index in [1.807, 2.05) is 60.7 Å². The van der Waals surface area contributed by atoms with Crippen molar-refractivity contribution in [2.45, 2.75) is 31.7 Å². The van der Waals surface area contributed by atoms with Crippen molar-refractivity contribution in [2.24, 2.45) is 0 Å². The van der Waals surface area contributed by atoms with E-state index in [-0.39, 0.29) is 18.6 Å². The van der Waals surface area contributed by atoms with E-state index < -0.39 is 6.09 Å². The molecule has 2 aliphatic rings. The molecule has 0 bridgehead atoms. The Hall–Kier alpha value is -3.08. The fraction of sp³-hybridized carbons (Fsp3) is 0.304. The van der Waals surface area contributed by atoms with Crippen molar-refractivity contribution >= 4 is 17.6 Å². The van der Waals surface area contributed by atoms with Crippen LogP contribution in [0.5, 0.6) is 0 Å². The van der Waals surface area contributed by atoms with Gasteiger partial charge in [-0.2, -0.15) is 0 Å². The minimum Gasteiger partial charge on any atom is -0.447 e. The lowest BCUT2D eigenvalue weighted by Crippen LogP contribution is -2.41. The highest BCUT2D eigenvalue weighted by Crippen LogP contribution is 2.28. The van der Waals surface area contributed by atoms with Crippen LogP contribution in [0.15, 0.2) is 66.4 Å². The van der Waals surface area contributed by atoms with Gasteiger partial charge in [0.15, 0.2) is 0 Å². The summed E-state index contributed by atoms with van der Waals surface area (Å²) >= 11 is 0. The first kappa shape index (κ1) is 18.3. The smallest absolute Gasteiger partial charge is 0.417 e. The Morgan fingerprint density at radius 1 is 1.04 bits per heavy atom. The molecule has 1 N–H and O–H groups in total. The Kier molecular flexibility index (Phi) is 5.42. The van der Waals surface area contributed by atoms with Gasteiger partial charge < -0.3 is 10.1 Å². The van der Waals surface area contributed by atoms with Gasteiger partial charge in [-0.1, -0.05) is 60.7 Å². The Balaban J connectivity index is 1.67. The lowest BCUT2D eigenvalue weighted by atomic mass is 9.96. The van der Waals surface area contributed by atoms with Crippen LogP contribution in [0.25, 0.3) is 5.57 Å². The topological polar surface area (TPSA) is 58.6 Å². The molecular weight excluding hydrogens is 352 g/mol. The van der Waals surface area contributed by atoms with E-state index in [2.05, 4.69) is 5.32 Å². The number of piperidine rings is 1. The molecule has 0 spiro atoms. The highest BCUT2D eigenvalue weighted by atomic mass is 16.6. The summed E-state index contributed by atoms with van der Waals surface area (Å²) in [6, 6.07) is 19.2. The van der Waals surface area contributed by atoms with Crippen LogP contribution in [0.4, 0.5) is 4.79 Å². The van der Waals surface area contributed by atoms with Gasteiger partial charge in [0.1, 0.15) is 6.61 Å². The van der Waals surface area contributed by atoms with E-state index in [9.17, 15) is 9.59 Å². The van der Waals surface area contributed by atoms with Crippen LogP contribution >= 0.6 is 0 Å². The highest BCUT2D eigenvalue weighted by Gasteiger charge is 2.40. The summed E-state index contributed by atoms with van der Waals surface area (Å²) in [5.41, 5.74) is 3.40. The molecule has 0 saturated carbocycles. The molecule has 2 amide bonds. The van der Waals surface area contributed by atoms with Crippen molar-refractivity contribution in [3.8, 4) is 0 Å². The quantitative estimate of drug-likeness (QED) is 0.826. The first-order valence-electron chi connectivity index (χ1n) is 9.80. The zero-order valence-electron chi connectivity index (χ0n) is 15.8. The molecule has 2 aromatic carbocycles. The highest BCUT2D eigenvalue weighted by molar-refractivity contribution is 6.24. The third kappa shape index (κ3) is 3.79. The van der Waals surface area contributed by atoms with E-state index in [0.717, 1.165) is 42.6 Å². The molecule has 2 saturated heterocycles. The standard InChI is InChI=1S/C23H24N2O3/c26-22(21(18-11-5-2-6-12-18)20-13-7-8-14-24-20)25-19(16-28-23(25)27)15-17-9-3-1-4-10-17/h1-6,9-12,19,24H,7-8,13-16H2/b21-20-/t19-/m0/s1. The van der Waals surface area contributed by atoms with E-state index >= 15 is 0 Å². The number of carbonyl (C=O) groups is 2. The van der Waals surface area contributed by atoms with E-state index in [1.54, 1.807) is 0 Å². The number of carbonyl (C=O) groups excluding carboxylic acids is 2. The first-order chi connectivity index (χ1) is 13.7. The SMILES string of the molecule is O=C1OC[C@H](Cc2ccccc2)N1C(=O)/C(=C1/CCCCN1)c1ccccc1. The number of ether oxygens (including phenoxy) is 1. The average Bonchev–Trinajstić information content (AvgIpc) is 3.10. The zero-order valence-corrected chi connectivity index (χ0v) is 15.8. The van der Waals surface area contributed by atoms with Crippen molar-refractivity contribution in [2.75, 3.05) is 13.2 Å². The average molecular weight is 376 g/mol. The molecule has 5 nitrogen and oxygen atoms in total. The molecule has 144 valence electrons. The first-order valence-corrected chi connectivity index (χ1v) is 9.80. The molecule has 28 heavy (non-hydrogen) atoms. The van der Waals surface area contributed by atoms with Gasteiger partial charge in [-0.05, 0) is 36.8 Å². The fourth-order valence-corrected chi connectivity index (χ4v) is 3.87. The van der Waals surface area contributed by atoms with Gasteiger partial charge in [0.05, 0.1) is 11.6 Å². The van der Waals surface area contributed by atoms with Crippen LogP contribution in [0.3, 0.4) is 0 Å². The number of allylic oxidation sites excluding steroid dienone is 1. The van der Waals surface area contributed by atoms with Crippen LogP contribution in [-0.4, -0.2) is 36.1 Å².